The van der Waals surface area contributed by atoms with Gasteiger partial charge in [0.2, 0.25) is 0 Å². The van der Waals surface area contributed by atoms with Gasteiger partial charge in [-0.05, 0) is 42.1 Å². The van der Waals surface area contributed by atoms with Gasteiger partial charge in [-0.2, -0.15) is 18.4 Å². The highest BCUT2D eigenvalue weighted by Gasteiger charge is 2.41. The van der Waals surface area contributed by atoms with Gasteiger partial charge in [0, 0.05) is 13.1 Å². The van der Waals surface area contributed by atoms with E-state index in [2.05, 4.69) is 6.07 Å². The van der Waals surface area contributed by atoms with E-state index in [0.717, 1.165) is 16.7 Å². The summed E-state index contributed by atoms with van der Waals surface area (Å²) in [6.07, 6.45) is -3.30. The molecule has 0 radical (unpaired) electrons. The van der Waals surface area contributed by atoms with E-state index in [1.807, 2.05) is 47.4 Å². The Hall–Kier alpha value is -2.32. The summed E-state index contributed by atoms with van der Waals surface area (Å²) >= 11 is 0. The third-order valence-electron chi connectivity index (χ3n) is 4.69. The van der Waals surface area contributed by atoms with Gasteiger partial charge in [-0.1, -0.05) is 42.5 Å². The highest BCUT2D eigenvalue weighted by atomic mass is 19.4. The first-order valence-electron chi connectivity index (χ1n) is 8.35. The SMILES string of the molecule is N#Cc1ccccc1-c1ccc(CN2CCCC(C(F)(F)F)C2)cc1. The zero-order valence-electron chi connectivity index (χ0n) is 13.8. The number of hydrogen-bond donors (Lipinski definition) is 0. The molecule has 2 aromatic rings. The van der Waals surface area contributed by atoms with Crippen LogP contribution in [0.2, 0.25) is 0 Å². The van der Waals surface area contributed by atoms with Crippen LogP contribution < -0.4 is 0 Å². The summed E-state index contributed by atoms with van der Waals surface area (Å²) in [5.41, 5.74) is 3.40. The normalized spacial score (nSPS) is 18.7. The lowest BCUT2D eigenvalue weighted by molar-refractivity contribution is -0.187. The first-order chi connectivity index (χ1) is 12.0. The van der Waals surface area contributed by atoms with Crippen LogP contribution in [0.5, 0.6) is 0 Å². The summed E-state index contributed by atoms with van der Waals surface area (Å²) < 4.78 is 38.7. The average molecular weight is 344 g/mol. The fourth-order valence-electron chi connectivity index (χ4n) is 3.35. The van der Waals surface area contributed by atoms with E-state index in [0.29, 0.717) is 25.1 Å². The minimum absolute atomic E-state index is 0.0719. The van der Waals surface area contributed by atoms with Crippen LogP contribution in [0, 0.1) is 17.2 Å². The molecule has 130 valence electrons. The van der Waals surface area contributed by atoms with Gasteiger partial charge in [0.25, 0.3) is 0 Å². The average Bonchev–Trinajstić information content (AvgIpc) is 2.62. The lowest BCUT2D eigenvalue weighted by Gasteiger charge is -2.33. The molecular formula is C20H19F3N2. The minimum atomic E-state index is -4.11. The second-order valence-corrected chi connectivity index (χ2v) is 6.47. The van der Waals surface area contributed by atoms with Crippen molar-refractivity contribution in [1.29, 1.82) is 5.26 Å². The third kappa shape index (κ3) is 4.21. The molecule has 1 atom stereocenters. The van der Waals surface area contributed by atoms with E-state index in [1.54, 1.807) is 6.07 Å². The van der Waals surface area contributed by atoms with E-state index in [1.165, 1.54) is 0 Å². The van der Waals surface area contributed by atoms with Crippen molar-refractivity contribution in [3.63, 3.8) is 0 Å². The first-order valence-corrected chi connectivity index (χ1v) is 8.35. The maximum atomic E-state index is 12.9. The van der Waals surface area contributed by atoms with Crippen LogP contribution in [0.3, 0.4) is 0 Å². The predicted molar refractivity (Wildman–Crippen MR) is 90.6 cm³/mol. The zero-order chi connectivity index (χ0) is 17.9. The topological polar surface area (TPSA) is 27.0 Å². The van der Waals surface area contributed by atoms with Crippen LogP contribution in [0.15, 0.2) is 48.5 Å². The van der Waals surface area contributed by atoms with E-state index in [-0.39, 0.29) is 13.0 Å². The number of alkyl halides is 3. The number of rotatable bonds is 3. The number of benzene rings is 2. The standard InChI is InChI=1S/C20H19F3N2/c21-20(22,23)18-5-3-11-25(14-18)13-15-7-9-16(10-8-15)19-6-2-1-4-17(19)12-24/h1-2,4,6-10,18H,3,5,11,13-14H2. The molecule has 0 saturated carbocycles. The molecule has 0 aliphatic carbocycles. The summed E-state index contributed by atoms with van der Waals surface area (Å²) in [4.78, 5) is 1.87. The smallest absolute Gasteiger partial charge is 0.298 e. The summed E-state index contributed by atoms with van der Waals surface area (Å²) in [6.45, 7) is 1.29. The molecule has 0 aromatic heterocycles. The fourth-order valence-corrected chi connectivity index (χ4v) is 3.35. The molecule has 1 aliphatic heterocycles. The van der Waals surface area contributed by atoms with Crippen molar-refractivity contribution in [2.24, 2.45) is 5.92 Å². The largest absolute Gasteiger partial charge is 0.393 e. The molecule has 0 bridgehead atoms. The number of nitrogens with zero attached hydrogens (tertiary/aromatic N) is 2. The van der Waals surface area contributed by atoms with Crippen LogP contribution in [0.4, 0.5) is 13.2 Å². The second kappa shape index (κ2) is 7.28. The Kier molecular flexibility index (Phi) is 5.10. The van der Waals surface area contributed by atoms with Crippen molar-refractivity contribution < 1.29 is 13.2 Å². The van der Waals surface area contributed by atoms with Crippen LogP contribution in [-0.2, 0) is 6.54 Å². The molecule has 3 rings (SSSR count). The van der Waals surface area contributed by atoms with Gasteiger partial charge in [-0.3, -0.25) is 4.90 Å². The van der Waals surface area contributed by atoms with Crippen molar-refractivity contribution in [2.75, 3.05) is 13.1 Å². The Morgan fingerprint density at radius 1 is 1.08 bits per heavy atom. The summed E-state index contributed by atoms with van der Waals surface area (Å²) in [7, 11) is 0. The fraction of sp³-hybridized carbons (Fsp3) is 0.350. The predicted octanol–water partition coefficient (Wildman–Crippen LogP) is 5.00. The van der Waals surface area contributed by atoms with Gasteiger partial charge in [0.15, 0.2) is 0 Å². The first kappa shape index (κ1) is 17.5. The number of halogens is 3. The molecule has 1 fully saturated rings. The summed E-state index contributed by atoms with van der Waals surface area (Å²) in [5.74, 6) is -1.22. The number of hydrogen-bond acceptors (Lipinski definition) is 2. The molecule has 1 aliphatic rings. The molecule has 0 amide bonds. The third-order valence-corrected chi connectivity index (χ3v) is 4.69. The summed E-state index contributed by atoms with van der Waals surface area (Å²) in [6, 6.07) is 17.3. The lowest BCUT2D eigenvalue weighted by atomic mass is 9.96. The number of piperidine rings is 1. The monoisotopic (exact) mass is 344 g/mol. The van der Waals surface area contributed by atoms with E-state index in [9.17, 15) is 18.4 Å². The molecule has 2 aromatic carbocycles. The van der Waals surface area contributed by atoms with Gasteiger partial charge < -0.3 is 0 Å². The highest BCUT2D eigenvalue weighted by molar-refractivity contribution is 5.70. The van der Waals surface area contributed by atoms with Gasteiger partial charge in [0.1, 0.15) is 0 Å². The maximum Gasteiger partial charge on any atom is 0.393 e. The van der Waals surface area contributed by atoms with Crippen LogP contribution in [0.1, 0.15) is 24.0 Å². The van der Waals surface area contributed by atoms with Gasteiger partial charge in [-0.25, -0.2) is 0 Å². The molecule has 0 spiro atoms. The van der Waals surface area contributed by atoms with Crippen molar-refractivity contribution in [2.45, 2.75) is 25.6 Å². The Morgan fingerprint density at radius 2 is 1.80 bits per heavy atom. The summed E-state index contributed by atoms with van der Waals surface area (Å²) in [5, 5.41) is 9.19. The molecule has 2 nitrogen and oxygen atoms in total. The lowest BCUT2D eigenvalue weighted by Crippen LogP contribution is -2.41. The van der Waals surface area contributed by atoms with Crippen molar-refractivity contribution >= 4 is 0 Å². The number of likely N-dealkylation sites (tertiary alicyclic amines) is 1. The van der Waals surface area contributed by atoms with Crippen molar-refractivity contribution in [3.8, 4) is 17.2 Å². The zero-order valence-corrected chi connectivity index (χ0v) is 13.8. The van der Waals surface area contributed by atoms with E-state index in [4.69, 9.17) is 0 Å². The van der Waals surface area contributed by atoms with Gasteiger partial charge in [0.05, 0.1) is 17.6 Å². The van der Waals surface area contributed by atoms with Crippen LogP contribution in [-0.4, -0.2) is 24.2 Å². The van der Waals surface area contributed by atoms with Crippen LogP contribution >= 0.6 is 0 Å². The maximum absolute atomic E-state index is 12.9. The molecule has 5 heteroatoms. The molecular weight excluding hydrogens is 325 g/mol. The Labute approximate surface area is 145 Å². The van der Waals surface area contributed by atoms with Gasteiger partial charge in [-0.15, -0.1) is 0 Å². The Balaban J connectivity index is 1.70. The van der Waals surface area contributed by atoms with Crippen molar-refractivity contribution in [3.05, 3.63) is 59.7 Å². The molecule has 25 heavy (non-hydrogen) atoms. The molecule has 1 saturated heterocycles. The molecule has 1 unspecified atom stereocenters. The van der Waals surface area contributed by atoms with E-state index >= 15 is 0 Å². The molecule has 1 heterocycles. The Morgan fingerprint density at radius 3 is 2.48 bits per heavy atom. The minimum Gasteiger partial charge on any atom is -0.298 e. The van der Waals surface area contributed by atoms with Crippen molar-refractivity contribution in [1.82, 2.24) is 4.90 Å². The van der Waals surface area contributed by atoms with Crippen LogP contribution in [0.25, 0.3) is 11.1 Å². The highest BCUT2D eigenvalue weighted by Crippen LogP contribution is 2.33. The Bertz CT molecular complexity index is 760. The molecule has 0 N–H and O–H groups in total. The second-order valence-electron chi connectivity index (χ2n) is 6.47. The van der Waals surface area contributed by atoms with Gasteiger partial charge >= 0.3 is 6.18 Å². The number of nitriles is 1. The van der Waals surface area contributed by atoms with E-state index < -0.39 is 12.1 Å². The quantitative estimate of drug-likeness (QED) is 0.783.